The number of hydrogen-bond acceptors (Lipinski definition) is 9. The zero-order valence-electron chi connectivity index (χ0n) is 29.2. The second-order valence-corrected chi connectivity index (χ2v) is 14.3. The van der Waals surface area contributed by atoms with Gasteiger partial charge in [-0.25, -0.2) is 9.78 Å². The first-order chi connectivity index (χ1) is 24.5. The van der Waals surface area contributed by atoms with Crippen LogP contribution < -0.4 is 4.90 Å². The van der Waals surface area contributed by atoms with Crippen LogP contribution in [0.5, 0.6) is 0 Å². The van der Waals surface area contributed by atoms with E-state index in [0.29, 0.717) is 24.3 Å². The molecule has 4 aromatic rings. The van der Waals surface area contributed by atoms with E-state index in [0.717, 1.165) is 18.1 Å². The maximum atomic E-state index is 14.9. The number of β-amino-alcohol motifs (C(OH)–C–C–N with tert-alkyl or cyclic N) is 1. The molecule has 2 aromatic carbocycles. The topological polar surface area (TPSA) is 134 Å². The Morgan fingerprint density at radius 3 is 2.33 bits per heavy atom. The Kier molecular flexibility index (Phi) is 10.0. The number of carbonyl (C=O) groups excluding carboxylic acids is 2. The van der Waals surface area contributed by atoms with Crippen LogP contribution in [0.15, 0.2) is 73.1 Å². The number of carbonyl (C=O) groups is 2. The van der Waals surface area contributed by atoms with Crippen LogP contribution in [-0.2, 0) is 21.7 Å². The second kappa shape index (κ2) is 14.2. The van der Waals surface area contributed by atoms with Gasteiger partial charge in [0.1, 0.15) is 17.5 Å². The van der Waals surface area contributed by atoms with Crippen molar-refractivity contribution in [2.45, 2.75) is 63.6 Å². The van der Waals surface area contributed by atoms with Gasteiger partial charge in [-0.2, -0.15) is 13.2 Å². The average Bonchev–Trinajstić information content (AvgIpc) is 3.73. The van der Waals surface area contributed by atoms with Gasteiger partial charge in [-0.3, -0.25) is 19.8 Å². The summed E-state index contributed by atoms with van der Waals surface area (Å²) in [5.41, 5.74) is -3.38. The molecule has 0 aliphatic carbocycles. The van der Waals surface area contributed by atoms with Crippen LogP contribution in [0.4, 0.5) is 24.7 Å². The summed E-state index contributed by atoms with van der Waals surface area (Å²) in [5, 5.41) is 23.2. The summed E-state index contributed by atoms with van der Waals surface area (Å²) in [6.07, 6.45) is -1.02. The fourth-order valence-corrected chi connectivity index (χ4v) is 6.92. The second-order valence-electron chi connectivity index (χ2n) is 14.3. The third-order valence-corrected chi connectivity index (χ3v) is 9.52. The molecular formula is C37H41F3N6O6. The number of aromatic nitrogens is 2. The number of benzene rings is 2. The Balaban J connectivity index is 1.16. The van der Waals surface area contributed by atoms with Crippen LogP contribution in [0, 0.1) is 10.1 Å². The van der Waals surface area contributed by atoms with Gasteiger partial charge < -0.3 is 24.2 Å². The van der Waals surface area contributed by atoms with Gasteiger partial charge >= 0.3 is 12.1 Å². The molecule has 1 unspecified atom stereocenters. The van der Waals surface area contributed by atoms with Crippen LogP contribution in [0.1, 0.15) is 55.1 Å². The highest BCUT2D eigenvalue weighted by Crippen LogP contribution is 2.44. The lowest BCUT2D eigenvalue weighted by Gasteiger charge is -2.40. The van der Waals surface area contributed by atoms with Gasteiger partial charge in [0.25, 0.3) is 11.6 Å². The highest BCUT2D eigenvalue weighted by molar-refractivity contribution is 5.94. The van der Waals surface area contributed by atoms with Gasteiger partial charge in [-0.1, -0.05) is 30.3 Å². The quantitative estimate of drug-likeness (QED) is 0.135. The number of ether oxygens (including phenoxy) is 1. The number of rotatable bonds is 9. The molecule has 12 nitrogen and oxygen atoms in total. The zero-order valence-corrected chi connectivity index (χ0v) is 29.2. The number of anilines is 1. The number of piperazine rings is 1. The number of aliphatic hydroxyl groups is 1. The van der Waals surface area contributed by atoms with E-state index in [1.807, 2.05) is 25.7 Å². The van der Waals surface area contributed by atoms with Crippen molar-refractivity contribution in [2.75, 3.05) is 44.2 Å². The number of amides is 1. The number of nitrogens with zero attached hydrogens (tertiary/aromatic N) is 6. The number of fused-ring (bicyclic) bond motifs is 1. The summed E-state index contributed by atoms with van der Waals surface area (Å²) in [6, 6.07) is 15.4. The maximum absolute atomic E-state index is 14.9. The summed E-state index contributed by atoms with van der Waals surface area (Å²) in [7, 11) is 0. The lowest BCUT2D eigenvalue weighted by atomic mass is 9.91. The van der Waals surface area contributed by atoms with E-state index in [-0.39, 0.29) is 61.2 Å². The molecule has 2 aromatic heterocycles. The van der Waals surface area contributed by atoms with Gasteiger partial charge in [-0.15, -0.1) is 0 Å². The largest absolute Gasteiger partial charge is 0.458 e. The number of non-ortho nitro benzene ring substituents is 1. The van der Waals surface area contributed by atoms with Crippen molar-refractivity contribution in [2.24, 2.45) is 0 Å². The first-order valence-electron chi connectivity index (χ1n) is 17.1. The van der Waals surface area contributed by atoms with Crippen LogP contribution in [0.3, 0.4) is 0 Å². The van der Waals surface area contributed by atoms with Crippen molar-refractivity contribution in [3.8, 4) is 0 Å². The summed E-state index contributed by atoms with van der Waals surface area (Å²) < 4.78 is 51.9. The molecule has 2 fully saturated rings. The predicted molar refractivity (Wildman–Crippen MR) is 187 cm³/mol. The number of pyridine rings is 1. The van der Waals surface area contributed by atoms with E-state index in [1.54, 1.807) is 42.5 Å². The number of nitro benzene ring substituents is 1. The molecule has 0 radical (unpaired) electrons. The molecule has 4 heterocycles. The molecule has 1 N–H and O–H groups in total. The van der Waals surface area contributed by atoms with Gasteiger partial charge in [0.05, 0.1) is 16.0 Å². The minimum absolute atomic E-state index is 0.0532. The monoisotopic (exact) mass is 722 g/mol. The Labute approximate surface area is 298 Å². The average molecular weight is 723 g/mol. The number of esters is 1. The van der Waals surface area contributed by atoms with Crippen molar-refractivity contribution in [3.05, 3.63) is 99.9 Å². The van der Waals surface area contributed by atoms with E-state index in [4.69, 9.17) is 4.74 Å². The van der Waals surface area contributed by atoms with E-state index in [2.05, 4.69) is 4.98 Å². The first-order valence-corrected chi connectivity index (χ1v) is 17.1. The Bertz CT molecular complexity index is 1940. The van der Waals surface area contributed by atoms with E-state index in [9.17, 15) is 38.0 Å². The first kappa shape index (κ1) is 36.8. The fourth-order valence-electron chi connectivity index (χ4n) is 6.92. The van der Waals surface area contributed by atoms with Crippen LogP contribution in [0.25, 0.3) is 10.9 Å². The summed E-state index contributed by atoms with van der Waals surface area (Å²) in [6.45, 7) is 5.73. The molecule has 15 heteroatoms. The lowest BCUT2D eigenvalue weighted by Crippen LogP contribution is -2.56. The Morgan fingerprint density at radius 2 is 1.71 bits per heavy atom. The molecule has 52 heavy (non-hydrogen) atoms. The fraction of sp³-hybridized carbons (Fsp3) is 0.432. The lowest BCUT2D eigenvalue weighted by molar-refractivity contribution is -0.384. The number of alkyl halides is 3. The van der Waals surface area contributed by atoms with Crippen LogP contribution in [-0.4, -0.2) is 98.3 Å². The maximum Gasteiger partial charge on any atom is 0.422 e. The van der Waals surface area contributed by atoms with Crippen molar-refractivity contribution >= 4 is 34.3 Å². The molecule has 2 atom stereocenters. The molecule has 6 rings (SSSR count). The standard InChI is InChI=1S/C37H41F3N6O6/c1-35(2,3)52-34(48)30-10-7-15-45(30)32-14-11-26(21-41-32)33(47)43-18-16-42(17-19-43)24-36(49,37(38,39)40)29-23-44(22-25-8-5-4-6-9-25)31-20-27(46(50)51)12-13-28(29)31/h4-6,8-9,11-14,20-21,23,30,49H,7,10,15-19,22,24H2,1-3H3/t30-,36?/m0/s1. The number of hydrogen-bond donors (Lipinski definition) is 1. The van der Waals surface area contributed by atoms with Gasteiger partial charge in [-0.05, 0) is 57.4 Å². The molecule has 2 aliphatic heterocycles. The third-order valence-electron chi connectivity index (χ3n) is 9.52. The van der Waals surface area contributed by atoms with Crippen molar-refractivity contribution in [1.82, 2.24) is 19.4 Å². The van der Waals surface area contributed by atoms with Crippen molar-refractivity contribution in [1.29, 1.82) is 0 Å². The van der Waals surface area contributed by atoms with E-state index in [1.165, 1.54) is 38.9 Å². The summed E-state index contributed by atoms with van der Waals surface area (Å²) in [5.74, 6) is -0.120. The Morgan fingerprint density at radius 1 is 1.00 bits per heavy atom. The van der Waals surface area contributed by atoms with Crippen LogP contribution in [0.2, 0.25) is 0 Å². The zero-order chi connectivity index (χ0) is 37.4. The predicted octanol–water partition coefficient (Wildman–Crippen LogP) is 5.51. The SMILES string of the molecule is CC(C)(C)OC(=O)[C@@H]1CCCN1c1ccc(C(=O)N2CCN(CC(O)(c3cn(Cc4ccccc4)c4cc([N+](=O)[O-])ccc34)C(F)(F)F)CC2)cn1. The molecule has 0 spiro atoms. The van der Waals surface area contributed by atoms with Crippen LogP contribution >= 0.6 is 0 Å². The molecule has 1 amide bonds. The molecule has 2 aliphatic rings. The molecular weight excluding hydrogens is 681 g/mol. The number of nitro groups is 1. The van der Waals surface area contributed by atoms with E-state index >= 15 is 0 Å². The highest BCUT2D eigenvalue weighted by atomic mass is 19.4. The third kappa shape index (κ3) is 7.60. The molecule has 0 bridgehead atoms. The minimum atomic E-state index is -5.10. The summed E-state index contributed by atoms with van der Waals surface area (Å²) in [4.78, 5) is 46.5. The highest BCUT2D eigenvalue weighted by Gasteiger charge is 2.57. The van der Waals surface area contributed by atoms with Gasteiger partial charge in [0.2, 0.25) is 5.60 Å². The normalized spacial score (nSPS) is 18.4. The summed E-state index contributed by atoms with van der Waals surface area (Å²) >= 11 is 0. The molecule has 2 saturated heterocycles. The smallest absolute Gasteiger partial charge is 0.422 e. The van der Waals surface area contributed by atoms with Gasteiger partial charge in [0.15, 0.2) is 0 Å². The van der Waals surface area contributed by atoms with E-state index < -0.39 is 40.5 Å². The van der Waals surface area contributed by atoms with Crippen molar-refractivity contribution < 1.29 is 37.5 Å². The molecule has 0 saturated carbocycles. The molecule has 276 valence electrons. The van der Waals surface area contributed by atoms with Crippen molar-refractivity contribution in [3.63, 3.8) is 0 Å². The van der Waals surface area contributed by atoms with Gasteiger partial charge in [0, 0.05) is 81.3 Å². The number of halogens is 3. The minimum Gasteiger partial charge on any atom is -0.458 e. The Hall–Kier alpha value is -5.02.